The maximum Gasteiger partial charge on any atom is 0.428 e. The molecule has 0 aliphatic carbocycles. The van der Waals surface area contributed by atoms with Crippen LogP contribution in [0, 0.1) is 0 Å². The summed E-state index contributed by atoms with van der Waals surface area (Å²) in [5, 5.41) is 12.5. The number of carbonyl (C=O) groups is 2. The number of hydrazone groups is 1. The van der Waals surface area contributed by atoms with Gasteiger partial charge in [-0.3, -0.25) is 0 Å². The highest BCUT2D eigenvalue weighted by atomic mass is 16.6. The highest BCUT2D eigenvalue weighted by molar-refractivity contribution is 5.92. The van der Waals surface area contributed by atoms with Crippen LogP contribution in [0.3, 0.4) is 0 Å². The molecule has 0 bridgehead atoms. The first-order valence-corrected chi connectivity index (χ1v) is 5.30. The minimum absolute atomic E-state index is 0.227. The maximum absolute atomic E-state index is 11.3. The van der Waals surface area contributed by atoms with E-state index in [-0.39, 0.29) is 6.54 Å². The molecule has 0 atom stereocenters. The number of carbonyl (C=O) groups excluding carboxylic acids is 1. The van der Waals surface area contributed by atoms with Gasteiger partial charge in [0.05, 0.1) is 12.3 Å². The topological polar surface area (TPSA) is 91.2 Å². The third-order valence-electron chi connectivity index (χ3n) is 2.02. The van der Waals surface area contributed by atoms with Crippen LogP contribution in [0.25, 0.3) is 0 Å². The van der Waals surface area contributed by atoms with E-state index in [2.05, 4.69) is 10.5 Å². The fourth-order valence-electron chi connectivity index (χ4n) is 1.32. The number of amides is 2. The first-order chi connectivity index (χ1) is 7.78. The van der Waals surface area contributed by atoms with Crippen molar-refractivity contribution in [1.29, 1.82) is 0 Å². The molecule has 2 N–H and O–H groups in total. The number of nitrogens with one attached hydrogen (secondary N) is 1. The van der Waals surface area contributed by atoms with Gasteiger partial charge in [0.25, 0.3) is 0 Å². The lowest BCUT2D eigenvalue weighted by molar-refractivity contribution is 0.0529. The van der Waals surface area contributed by atoms with Crippen LogP contribution >= 0.6 is 0 Å². The fraction of sp³-hybridized carbons (Fsp3) is 0.700. The number of likely N-dealkylation sites (tertiary alicyclic amines) is 1. The van der Waals surface area contributed by atoms with Gasteiger partial charge in [-0.1, -0.05) is 0 Å². The summed E-state index contributed by atoms with van der Waals surface area (Å²) in [6, 6.07) is 0. The summed E-state index contributed by atoms with van der Waals surface area (Å²) < 4.78 is 4.98. The SMILES string of the molecule is CC(C)(C)OC(=O)NN=C1CCN(C(=O)O)C1. The smallest absolute Gasteiger partial charge is 0.428 e. The molecule has 0 aromatic carbocycles. The van der Waals surface area contributed by atoms with Crippen LogP contribution in [0.1, 0.15) is 27.2 Å². The van der Waals surface area contributed by atoms with Crippen molar-refractivity contribution >= 4 is 17.9 Å². The van der Waals surface area contributed by atoms with Crippen LogP contribution in [0.2, 0.25) is 0 Å². The Morgan fingerprint density at radius 2 is 2.12 bits per heavy atom. The third-order valence-corrected chi connectivity index (χ3v) is 2.02. The molecule has 0 saturated carbocycles. The number of carboxylic acid groups (broad SMARTS) is 1. The Kier molecular flexibility index (Phi) is 3.93. The number of hydrogen-bond acceptors (Lipinski definition) is 4. The molecule has 1 aliphatic heterocycles. The molecule has 0 spiro atoms. The van der Waals surface area contributed by atoms with E-state index in [0.717, 1.165) is 0 Å². The standard InChI is InChI=1S/C10H17N3O4/c1-10(2,3)17-8(14)12-11-7-4-5-13(6-7)9(15)16/h4-6H2,1-3H3,(H,12,14)(H,15,16). The van der Waals surface area contributed by atoms with Gasteiger partial charge in [-0.2, -0.15) is 5.10 Å². The van der Waals surface area contributed by atoms with Gasteiger partial charge in [0.15, 0.2) is 0 Å². The van der Waals surface area contributed by atoms with E-state index < -0.39 is 17.8 Å². The Morgan fingerprint density at radius 1 is 1.47 bits per heavy atom. The van der Waals surface area contributed by atoms with Gasteiger partial charge in [-0.15, -0.1) is 0 Å². The Labute approximate surface area is 99.4 Å². The first kappa shape index (κ1) is 13.3. The second-order valence-corrected chi connectivity index (χ2v) is 4.75. The monoisotopic (exact) mass is 243 g/mol. The van der Waals surface area contributed by atoms with Gasteiger partial charge in [0, 0.05) is 13.0 Å². The van der Waals surface area contributed by atoms with Crippen molar-refractivity contribution in [3.05, 3.63) is 0 Å². The molecule has 7 nitrogen and oxygen atoms in total. The molecule has 1 heterocycles. The molecule has 17 heavy (non-hydrogen) atoms. The van der Waals surface area contributed by atoms with Crippen molar-refractivity contribution in [3.63, 3.8) is 0 Å². The lowest BCUT2D eigenvalue weighted by Crippen LogP contribution is -2.31. The molecule has 7 heteroatoms. The second kappa shape index (κ2) is 5.03. The van der Waals surface area contributed by atoms with E-state index in [1.807, 2.05) is 0 Å². The number of ether oxygens (including phenoxy) is 1. The Hall–Kier alpha value is -1.79. The lowest BCUT2D eigenvalue weighted by atomic mass is 10.2. The van der Waals surface area contributed by atoms with Gasteiger partial charge in [0.2, 0.25) is 0 Å². The zero-order valence-corrected chi connectivity index (χ0v) is 10.2. The molecule has 0 unspecified atom stereocenters. The van der Waals surface area contributed by atoms with Crippen LogP contribution in [0.15, 0.2) is 5.10 Å². The first-order valence-electron chi connectivity index (χ1n) is 5.30. The largest absolute Gasteiger partial charge is 0.465 e. The molecular formula is C10H17N3O4. The summed E-state index contributed by atoms with van der Waals surface area (Å²) in [6.45, 7) is 5.89. The molecule has 0 aromatic rings. The Morgan fingerprint density at radius 3 is 2.59 bits per heavy atom. The highest BCUT2D eigenvalue weighted by Gasteiger charge is 2.22. The predicted molar refractivity (Wildman–Crippen MR) is 61.0 cm³/mol. The Bertz CT molecular complexity index is 346. The zero-order valence-electron chi connectivity index (χ0n) is 10.2. The summed E-state index contributed by atoms with van der Waals surface area (Å²) in [7, 11) is 0. The van der Waals surface area contributed by atoms with Gasteiger partial charge in [-0.25, -0.2) is 15.0 Å². The highest BCUT2D eigenvalue weighted by Crippen LogP contribution is 2.07. The van der Waals surface area contributed by atoms with Crippen molar-refractivity contribution in [2.75, 3.05) is 13.1 Å². The van der Waals surface area contributed by atoms with E-state index in [9.17, 15) is 9.59 Å². The van der Waals surface area contributed by atoms with Gasteiger partial charge >= 0.3 is 12.2 Å². The molecule has 1 aliphatic rings. The van der Waals surface area contributed by atoms with Crippen molar-refractivity contribution < 1.29 is 19.4 Å². The van der Waals surface area contributed by atoms with Crippen molar-refractivity contribution in [1.82, 2.24) is 10.3 Å². The van der Waals surface area contributed by atoms with Gasteiger partial charge in [0.1, 0.15) is 5.60 Å². The quantitative estimate of drug-likeness (QED) is 0.678. The van der Waals surface area contributed by atoms with E-state index in [1.165, 1.54) is 4.90 Å². The molecular weight excluding hydrogens is 226 g/mol. The second-order valence-electron chi connectivity index (χ2n) is 4.75. The summed E-state index contributed by atoms with van der Waals surface area (Å²) in [5.74, 6) is 0. The van der Waals surface area contributed by atoms with Crippen LogP contribution < -0.4 is 5.43 Å². The average molecular weight is 243 g/mol. The molecule has 0 radical (unpaired) electrons. The zero-order chi connectivity index (χ0) is 13.1. The van der Waals surface area contributed by atoms with Crippen LogP contribution in [-0.4, -0.2) is 46.6 Å². The maximum atomic E-state index is 11.3. The van der Waals surface area contributed by atoms with Crippen molar-refractivity contribution in [3.8, 4) is 0 Å². The molecule has 0 aromatic heterocycles. The van der Waals surface area contributed by atoms with Crippen LogP contribution in [-0.2, 0) is 4.74 Å². The van der Waals surface area contributed by atoms with Gasteiger partial charge in [-0.05, 0) is 20.8 Å². The summed E-state index contributed by atoms with van der Waals surface area (Å²) in [6.07, 6.45) is -1.09. The molecule has 1 rings (SSSR count). The number of hydrogen-bond donors (Lipinski definition) is 2. The molecule has 1 saturated heterocycles. The third kappa shape index (κ3) is 4.71. The summed E-state index contributed by atoms with van der Waals surface area (Å²) in [4.78, 5) is 23.1. The molecule has 96 valence electrons. The van der Waals surface area contributed by atoms with Crippen molar-refractivity contribution in [2.24, 2.45) is 5.10 Å². The minimum Gasteiger partial charge on any atom is -0.465 e. The Balaban J connectivity index is 2.40. The lowest BCUT2D eigenvalue weighted by Gasteiger charge is -2.18. The summed E-state index contributed by atoms with van der Waals surface area (Å²) in [5.41, 5.74) is 2.29. The van der Waals surface area contributed by atoms with Crippen LogP contribution in [0.5, 0.6) is 0 Å². The normalized spacial score (nSPS) is 18.3. The van der Waals surface area contributed by atoms with Crippen LogP contribution in [0.4, 0.5) is 9.59 Å². The fourth-order valence-corrected chi connectivity index (χ4v) is 1.32. The molecule has 1 fully saturated rings. The number of nitrogens with zero attached hydrogens (tertiary/aromatic N) is 2. The average Bonchev–Trinajstić information content (AvgIpc) is 2.60. The number of rotatable bonds is 1. The van der Waals surface area contributed by atoms with E-state index >= 15 is 0 Å². The van der Waals surface area contributed by atoms with E-state index in [1.54, 1.807) is 20.8 Å². The van der Waals surface area contributed by atoms with E-state index in [0.29, 0.717) is 18.7 Å². The summed E-state index contributed by atoms with van der Waals surface area (Å²) >= 11 is 0. The van der Waals surface area contributed by atoms with Gasteiger partial charge < -0.3 is 14.7 Å². The minimum atomic E-state index is -0.979. The van der Waals surface area contributed by atoms with E-state index in [4.69, 9.17) is 9.84 Å². The molecule has 2 amide bonds. The van der Waals surface area contributed by atoms with Crippen molar-refractivity contribution in [2.45, 2.75) is 32.8 Å². The predicted octanol–water partition coefficient (Wildman–Crippen LogP) is 1.25.